The van der Waals surface area contributed by atoms with Crippen molar-refractivity contribution in [3.05, 3.63) is 59.7 Å². The van der Waals surface area contributed by atoms with Gasteiger partial charge in [0.15, 0.2) is 0 Å². The van der Waals surface area contributed by atoms with E-state index in [-0.39, 0.29) is 23.9 Å². The average Bonchev–Trinajstić information content (AvgIpc) is 3.87. The Hall–Kier alpha value is -4.48. The molecule has 2 aromatic rings. The minimum absolute atomic E-state index is 0.0456. The predicted octanol–water partition coefficient (Wildman–Crippen LogP) is 8.52. The van der Waals surface area contributed by atoms with Gasteiger partial charge in [-0.05, 0) is 130 Å². The fraction of sp³-hybridized carbons (Fsp3) is 0.579. The van der Waals surface area contributed by atoms with Crippen LogP contribution in [0.3, 0.4) is 0 Å². The maximum atomic E-state index is 12.8. The number of hydrogen-bond donors (Lipinski definition) is 2. The molecule has 2 amide bonds. The number of hydrogen-bond acceptors (Lipinski definition) is 10. The molecule has 2 aromatic carbocycles. The second-order valence-electron chi connectivity index (χ2n) is 16.3. The van der Waals surface area contributed by atoms with Crippen LogP contribution in [0.5, 0.6) is 11.5 Å². The number of carbonyl (C=O) groups is 4. The van der Waals surface area contributed by atoms with Crippen LogP contribution in [0.25, 0.3) is 0 Å². The summed E-state index contributed by atoms with van der Waals surface area (Å²) in [5.74, 6) is 0.944. The molecule has 4 atom stereocenters. The highest BCUT2D eigenvalue weighted by atomic mass is 16.7. The number of amides is 2. The van der Waals surface area contributed by atoms with Crippen LogP contribution < -0.4 is 20.1 Å². The summed E-state index contributed by atoms with van der Waals surface area (Å²) in [4.78, 5) is 49.5. The summed E-state index contributed by atoms with van der Waals surface area (Å²) >= 11 is 0. The number of nitrogens with one attached hydrogen (secondary N) is 2. The van der Waals surface area contributed by atoms with E-state index in [0.29, 0.717) is 24.3 Å². The van der Waals surface area contributed by atoms with Crippen LogP contribution in [0.15, 0.2) is 48.5 Å². The smallest absolute Gasteiger partial charge is 0.444 e. The normalized spacial score (nSPS) is 20.1. The Kier molecular flexibility index (Phi) is 11.3. The van der Waals surface area contributed by atoms with Crippen molar-refractivity contribution >= 4 is 24.5 Å². The van der Waals surface area contributed by atoms with E-state index >= 15 is 0 Å². The van der Waals surface area contributed by atoms with E-state index in [1.54, 1.807) is 65.0 Å². The van der Waals surface area contributed by atoms with Crippen LogP contribution in [0.4, 0.5) is 19.2 Å². The standard InChI is InChI=1S/C38H52N2O10/c1-35(2,3)47-31(41)39-30-22-28(30)24-12-11-13-26(20-24)46-34(44)50-38(9,10)19-18-37(7,8)48-32(42)40-29-21-27(29)23-14-16-25(17-15-23)45-33(43)49-36(4,5)6/h11-17,20,27-30H,18-19,21-22H2,1-10H3,(H,39,41)(H,40,42). The first-order valence-electron chi connectivity index (χ1n) is 17.1. The fourth-order valence-corrected chi connectivity index (χ4v) is 5.34. The first-order valence-corrected chi connectivity index (χ1v) is 17.1. The Morgan fingerprint density at radius 3 is 1.62 bits per heavy atom. The Balaban J connectivity index is 1.17. The first kappa shape index (κ1) is 38.3. The molecule has 12 heteroatoms. The van der Waals surface area contributed by atoms with Crippen LogP contribution >= 0.6 is 0 Å². The van der Waals surface area contributed by atoms with Gasteiger partial charge < -0.3 is 39.1 Å². The van der Waals surface area contributed by atoms with Crippen LogP contribution in [-0.4, -0.2) is 59.0 Å². The minimum atomic E-state index is -0.897. The van der Waals surface area contributed by atoms with Crippen LogP contribution in [0.1, 0.15) is 118 Å². The topological polar surface area (TPSA) is 148 Å². The van der Waals surface area contributed by atoms with Crippen molar-refractivity contribution in [3.63, 3.8) is 0 Å². The average molecular weight is 697 g/mol. The maximum Gasteiger partial charge on any atom is 0.514 e. The summed E-state index contributed by atoms with van der Waals surface area (Å²) in [7, 11) is 0. The van der Waals surface area contributed by atoms with Crippen molar-refractivity contribution in [3.8, 4) is 11.5 Å². The van der Waals surface area contributed by atoms with Gasteiger partial charge in [-0.3, -0.25) is 0 Å². The monoisotopic (exact) mass is 696 g/mol. The van der Waals surface area contributed by atoms with Gasteiger partial charge >= 0.3 is 24.5 Å². The molecule has 2 aliphatic rings. The molecule has 0 spiro atoms. The Bertz CT molecular complexity index is 1540. The molecule has 0 radical (unpaired) electrons. The van der Waals surface area contributed by atoms with Gasteiger partial charge in [-0.2, -0.15) is 0 Å². The zero-order chi connectivity index (χ0) is 37.1. The number of carbonyl (C=O) groups excluding carboxylic acids is 4. The molecular weight excluding hydrogens is 644 g/mol. The summed E-state index contributed by atoms with van der Waals surface area (Å²) in [6.07, 6.45) is -0.225. The van der Waals surface area contributed by atoms with Gasteiger partial charge in [0.1, 0.15) is 33.9 Å². The molecule has 0 aliphatic heterocycles. The van der Waals surface area contributed by atoms with Gasteiger partial charge in [-0.25, -0.2) is 19.2 Å². The van der Waals surface area contributed by atoms with Crippen molar-refractivity contribution < 1.29 is 47.6 Å². The molecule has 4 rings (SSSR count). The number of rotatable bonds is 11. The third-order valence-corrected chi connectivity index (χ3v) is 8.03. The molecule has 2 N–H and O–H groups in total. The molecular formula is C38H52N2O10. The SMILES string of the molecule is CC(C)(C)OC(=O)NC1CC1c1cccc(OC(=O)OC(C)(C)CCC(C)(C)OC(=O)NC2CC2c2ccc(OC(=O)OC(C)(C)C)cc2)c1. The van der Waals surface area contributed by atoms with Crippen LogP contribution in [-0.2, 0) is 18.9 Å². The van der Waals surface area contributed by atoms with E-state index in [0.717, 1.165) is 24.0 Å². The van der Waals surface area contributed by atoms with Crippen LogP contribution in [0, 0.1) is 0 Å². The highest BCUT2D eigenvalue weighted by molar-refractivity contribution is 5.70. The quantitative estimate of drug-likeness (QED) is 0.133. The van der Waals surface area contributed by atoms with Crippen molar-refractivity contribution in [2.24, 2.45) is 0 Å². The van der Waals surface area contributed by atoms with E-state index in [2.05, 4.69) is 10.6 Å². The van der Waals surface area contributed by atoms with Gasteiger partial charge in [-0.15, -0.1) is 0 Å². The Morgan fingerprint density at radius 2 is 1.06 bits per heavy atom. The summed E-state index contributed by atoms with van der Waals surface area (Å²) in [5, 5.41) is 5.80. The van der Waals surface area contributed by atoms with E-state index in [4.69, 9.17) is 28.4 Å². The summed E-state index contributed by atoms with van der Waals surface area (Å²) < 4.78 is 32.6. The third-order valence-electron chi connectivity index (χ3n) is 8.03. The van der Waals surface area contributed by atoms with Crippen molar-refractivity contribution in [1.29, 1.82) is 0 Å². The minimum Gasteiger partial charge on any atom is -0.444 e. The zero-order valence-electron chi connectivity index (χ0n) is 30.8. The van der Waals surface area contributed by atoms with Gasteiger partial charge in [0, 0.05) is 23.9 Å². The van der Waals surface area contributed by atoms with Gasteiger partial charge in [-0.1, -0.05) is 24.3 Å². The third kappa shape index (κ3) is 12.8. The number of ether oxygens (including phenoxy) is 6. The molecule has 2 aliphatic carbocycles. The molecule has 2 fully saturated rings. The van der Waals surface area contributed by atoms with Gasteiger partial charge in [0.25, 0.3) is 0 Å². The van der Waals surface area contributed by atoms with Gasteiger partial charge in [0.05, 0.1) is 0 Å². The molecule has 0 saturated heterocycles. The molecule has 274 valence electrons. The second-order valence-corrected chi connectivity index (χ2v) is 16.3. The molecule has 12 nitrogen and oxygen atoms in total. The molecule has 0 aromatic heterocycles. The lowest BCUT2D eigenvalue weighted by Gasteiger charge is -2.30. The Morgan fingerprint density at radius 1 is 0.580 bits per heavy atom. The fourth-order valence-electron chi connectivity index (χ4n) is 5.34. The lowest BCUT2D eigenvalue weighted by Crippen LogP contribution is -2.38. The molecule has 2 saturated carbocycles. The summed E-state index contributed by atoms with van der Waals surface area (Å²) in [6.45, 7) is 17.9. The lowest BCUT2D eigenvalue weighted by molar-refractivity contribution is -0.0220. The number of alkyl carbamates (subject to hydrolysis) is 2. The van der Waals surface area contributed by atoms with E-state index in [1.165, 1.54) is 0 Å². The van der Waals surface area contributed by atoms with Crippen molar-refractivity contribution in [2.75, 3.05) is 0 Å². The maximum absolute atomic E-state index is 12.8. The molecule has 0 bridgehead atoms. The summed E-state index contributed by atoms with van der Waals surface area (Å²) in [5.41, 5.74) is -1.00. The van der Waals surface area contributed by atoms with E-state index < -0.39 is 46.9 Å². The molecule has 50 heavy (non-hydrogen) atoms. The highest BCUT2D eigenvalue weighted by Crippen LogP contribution is 2.43. The molecule has 0 heterocycles. The van der Waals surface area contributed by atoms with Crippen LogP contribution in [0.2, 0.25) is 0 Å². The lowest BCUT2D eigenvalue weighted by atomic mass is 9.94. The largest absolute Gasteiger partial charge is 0.514 e. The summed E-state index contributed by atoms with van der Waals surface area (Å²) in [6, 6.07) is 14.2. The van der Waals surface area contributed by atoms with Gasteiger partial charge in [0.2, 0.25) is 0 Å². The predicted molar refractivity (Wildman–Crippen MR) is 186 cm³/mol. The van der Waals surface area contributed by atoms with Crippen molar-refractivity contribution in [2.45, 2.75) is 141 Å². The number of benzene rings is 2. The molecule has 4 unspecified atom stereocenters. The van der Waals surface area contributed by atoms with E-state index in [9.17, 15) is 19.2 Å². The van der Waals surface area contributed by atoms with E-state index in [1.807, 2.05) is 52.8 Å². The Labute approximate surface area is 294 Å². The highest BCUT2D eigenvalue weighted by Gasteiger charge is 2.42. The van der Waals surface area contributed by atoms with Crippen molar-refractivity contribution in [1.82, 2.24) is 10.6 Å². The second kappa shape index (κ2) is 14.8. The zero-order valence-corrected chi connectivity index (χ0v) is 30.8. The first-order chi connectivity index (χ1) is 23.1.